The average molecular weight is 263 g/mol. The van der Waals surface area contributed by atoms with E-state index in [4.69, 9.17) is 0 Å². The summed E-state index contributed by atoms with van der Waals surface area (Å²) in [7, 11) is 0. The van der Waals surface area contributed by atoms with E-state index in [2.05, 4.69) is 65.8 Å². The van der Waals surface area contributed by atoms with Crippen LogP contribution >= 0.6 is 0 Å². The summed E-state index contributed by atoms with van der Waals surface area (Å²) < 4.78 is 0. The van der Waals surface area contributed by atoms with Gasteiger partial charge < -0.3 is 0 Å². The van der Waals surface area contributed by atoms with Gasteiger partial charge >= 0.3 is 19.8 Å². The van der Waals surface area contributed by atoms with Gasteiger partial charge in [-0.2, -0.15) is 0 Å². The molecule has 0 saturated heterocycles. The number of benzene rings is 1. The quantitative estimate of drug-likeness (QED) is 0.631. The van der Waals surface area contributed by atoms with Crippen LogP contribution < -0.4 is 0 Å². The molecule has 0 spiro atoms. The molecule has 0 aliphatic rings. The molecular formula is C14H25Ga. The first-order chi connectivity index (χ1) is 6.21. The van der Waals surface area contributed by atoms with Crippen molar-refractivity contribution in [1.82, 2.24) is 0 Å². The Morgan fingerprint density at radius 1 is 0.733 bits per heavy atom. The second-order valence-electron chi connectivity index (χ2n) is 6.08. The maximum atomic E-state index is 2.33. The Morgan fingerprint density at radius 3 is 1.33 bits per heavy atom. The van der Waals surface area contributed by atoms with Crippen LogP contribution in [0.3, 0.4) is 0 Å². The third kappa shape index (κ3) is 4.08. The van der Waals surface area contributed by atoms with Crippen LogP contribution in [0.25, 0.3) is 0 Å². The zero-order valence-corrected chi connectivity index (χ0v) is 10.3. The molecule has 0 atom stereocenters. The topological polar surface area (TPSA) is 0 Å². The molecule has 1 rings (SSSR count). The minimum absolute atomic E-state index is 0. The monoisotopic (exact) mass is 262 g/mol. The van der Waals surface area contributed by atoms with Crippen molar-refractivity contribution in [2.24, 2.45) is 0 Å². The first-order valence-corrected chi connectivity index (χ1v) is 5.32. The van der Waals surface area contributed by atoms with Gasteiger partial charge in [0.05, 0.1) is 0 Å². The van der Waals surface area contributed by atoms with Crippen molar-refractivity contribution in [1.29, 1.82) is 0 Å². The van der Waals surface area contributed by atoms with Crippen molar-refractivity contribution in [3.63, 3.8) is 0 Å². The Kier molecular flexibility index (Phi) is 4.75. The first kappa shape index (κ1) is 14.9. The molecule has 0 N–H and O–H groups in total. The molecule has 1 aromatic carbocycles. The van der Waals surface area contributed by atoms with E-state index in [9.17, 15) is 0 Å². The van der Waals surface area contributed by atoms with Gasteiger partial charge in [-0.15, -0.1) is 0 Å². The average Bonchev–Trinajstić information content (AvgIpc) is 2.01. The molecule has 15 heavy (non-hydrogen) atoms. The Balaban J connectivity index is 0.00000196. The van der Waals surface area contributed by atoms with Crippen LogP contribution in [0, 0.1) is 0 Å². The summed E-state index contributed by atoms with van der Waals surface area (Å²) in [5, 5.41) is 0. The van der Waals surface area contributed by atoms with Crippen LogP contribution in [0.1, 0.15) is 52.7 Å². The molecule has 0 amide bonds. The molecule has 0 aliphatic heterocycles. The summed E-state index contributed by atoms with van der Waals surface area (Å²) in [4.78, 5) is 0. The summed E-state index contributed by atoms with van der Waals surface area (Å²) >= 11 is 0. The fraction of sp³-hybridized carbons (Fsp3) is 0.571. The molecule has 0 aliphatic carbocycles. The van der Waals surface area contributed by atoms with E-state index in [1.165, 1.54) is 11.1 Å². The molecule has 1 aromatic rings. The molecule has 1 heteroatoms. The van der Waals surface area contributed by atoms with Gasteiger partial charge in [0.15, 0.2) is 0 Å². The SMILES string of the molecule is CC(C)(C)c1cccc(C(C)(C)C)c1.[GaH3]. The summed E-state index contributed by atoms with van der Waals surface area (Å²) in [5.41, 5.74) is 3.34. The maximum absolute atomic E-state index is 2.33. The van der Waals surface area contributed by atoms with Crippen molar-refractivity contribution >= 4 is 19.8 Å². The third-order valence-electron chi connectivity index (χ3n) is 2.59. The van der Waals surface area contributed by atoms with Gasteiger partial charge in [-0.05, 0) is 22.0 Å². The minimum atomic E-state index is 0. The Labute approximate surface area is 108 Å². The van der Waals surface area contributed by atoms with E-state index in [1.807, 2.05) is 0 Å². The van der Waals surface area contributed by atoms with E-state index in [-0.39, 0.29) is 30.6 Å². The van der Waals surface area contributed by atoms with E-state index < -0.39 is 0 Å². The van der Waals surface area contributed by atoms with Crippen LogP contribution in [0.4, 0.5) is 0 Å². The second kappa shape index (κ2) is 4.79. The third-order valence-corrected chi connectivity index (χ3v) is 2.59. The molecule has 84 valence electrons. The predicted octanol–water partition coefficient (Wildman–Crippen LogP) is 3.10. The zero-order valence-electron chi connectivity index (χ0n) is 10.3. The van der Waals surface area contributed by atoms with Crippen LogP contribution in [0.2, 0.25) is 0 Å². The molecular weight excluding hydrogens is 238 g/mol. The molecule has 0 nitrogen and oxygen atoms in total. The zero-order chi connectivity index (χ0) is 11.0. The van der Waals surface area contributed by atoms with E-state index >= 15 is 0 Å². The molecule has 0 unspecified atom stereocenters. The Bertz CT molecular complexity index is 284. The molecule has 0 bridgehead atoms. The summed E-state index contributed by atoms with van der Waals surface area (Å²) in [6.45, 7) is 13.6. The normalized spacial score (nSPS) is 12.1. The fourth-order valence-electron chi connectivity index (χ4n) is 1.45. The van der Waals surface area contributed by atoms with Gasteiger partial charge in [-0.1, -0.05) is 65.8 Å². The van der Waals surface area contributed by atoms with Crippen molar-refractivity contribution in [2.45, 2.75) is 52.4 Å². The van der Waals surface area contributed by atoms with Gasteiger partial charge in [0, 0.05) is 0 Å². The predicted molar refractivity (Wildman–Crippen MR) is 73.8 cm³/mol. The van der Waals surface area contributed by atoms with Crippen LogP contribution in [-0.4, -0.2) is 19.8 Å². The number of rotatable bonds is 0. The molecule has 0 radical (unpaired) electrons. The van der Waals surface area contributed by atoms with Crippen molar-refractivity contribution in [3.05, 3.63) is 35.4 Å². The molecule has 0 aromatic heterocycles. The summed E-state index contributed by atoms with van der Waals surface area (Å²) in [6.07, 6.45) is 0. The van der Waals surface area contributed by atoms with Crippen molar-refractivity contribution in [2.75, 3.05) is 0 Å². The van der Waals surface area contributed by atoms with Gasteiger partial charge in [0.2, 0.25) is 0 Å². The molecule has 0 fully saturated rings. The van der Waals surface area contributed by atoms with Gasteiger partial charge in [-0.25, -0.2) is 0 Å². The summed E-state index contributed by atoms with van der Waals surface area (Å²) in [6, 6.07) is 8.94. The second-order valence-corrected chi connectivity index (χ2v) is 6.08. The number of hydrogen-bond acceptors (Lipinski definition) is 0. The van der Waals surface area contributed by atoms with Crippen LogP contribution in [0.5, 0.6) is 0 Å². The molecule has 0 heterocycles. The van der Waals surface area contributed by atoms with Crippen molar-refractivity contribution in [3.8, 4) is 0 Å². The Morgan fingerprint density at radius 2 is 1.07 bits per heavy atom. The van der Waals surface area contributed by atoms with E-state index in [0.29, 0.717) is 0 Å². The number of hydrogen-bond donors (Lipinski definition) is 0. The standard InChI is InChI=1S/C14H22.Ga.3H/c1-13(2,3)11-8-7-9-12(10-11)14(4,5)6;;;;/h7-10H,1-6H3;;;;. The summed E-state index contributed by atoms with van der Waals surface area (Å²) in [5.74, 6) is 0. The van der Waals surface area contributed by atoms with Gasteiger partial charge in [0.1, 0.15) is 0 Å². The van der Waals surface area contributed by atoms with Gasteiger partial charge in [0.25, 0.3) is 0 Å². The molecule has 0 saturated carbocycles. The van der Waals surface area contributed by atoms with E-state index in [0.717, 1.165) is 0 Å². The van der Waals surface area contributed by atoms with Crippen LogP contribution in [-0.2, 0) is 10.8 Å². The van der Waals surface area contributed by atoms with Crippen molar-refractivity contribution < 1.29 is 0 Å². The van der Waals surface area contributed by atoms with Gasteiger partial charge in [-0.3, -0.25) is 0 Å². The first-order valence-electron chi connectivity index (χ1n) is 5.32. The van der Waals surface area contributed by atoms with E-state index in [1.54, 1.807) is 0 Å². The Hall–Kier alpha value is -0.144. The fourth-order valence-corrected chi connectivity index (χ4v) is 1.45. The van der Waals surface area contributed by atoms with Crippen LogP contribution in [0.15, 0.2) is 24.3 Å².